The summed E-state index contributed by atoms with van der Waals surface area (Å²) in [6.45, 7) is 2.76. The molecule has 2 heterocycles. The van der Waals surface area contributed by atoms with Crippen molar-refractivity contribution < 1.29 is 19.0 Å². The lowest BCUT2D eigenvalue weighted by molar-refractivity contribution is 0.0528. The number of hydrogen-bond donors (Lipinski definition) is 1. The summed E-state index contributed by atoms with van der Waals surface area (Å²) >= 11 is 7.75. The van der Waals surface area contributed by atoms with Crippen molar-refractivity contribution in [1.29, 1.82) is 0 Å². The number of pyridine rings is 1. The molecule has 4 aromatic rings. The van der Waals surface area contributed by atoms with E-state index in [0.717, 1.165) is 21.5 Å². The fourth-order valence-electron chi connectivity index (χ4n) is 3.12. The third kappa shape index (κ3) is 4.95. The average Bonchev–Trinajstić information content (AvgIpc) is 3.23. The van der Waals surface area contributed by atoms with Gasteiger partial charge in [0.25, 0.3) is 0 Å². The van der Waals surface area contributed by atoms with Crippen molar-refractivity contribution in [1.82, 2.24) is 4.98 Å². The molecule has 0 fully saturated rings. The summed E-state index contributed by atoms with van der Waals surface area (Å²) in [6.07, 6.45) is 1.45. The second kappa shape index (κ2) is 9.89. The zero-order chi connectivity index (χ0) is 22.5. The molecule has 164 valence electrons. The molecule has 8 heteroatoms. The van der Waals surface area contributed by atoms with Gasteiger partial charge in [0, 0.05) is 28.9 Å². The number of fused-ring (bicyclic) bond motifs is 1. The fourth-order valence-corrected chi connectivity index (χ4v) is 4.49. The van der Waals surface area contributed by atoms with E-state index in [1.54, 1.807) is 6.92 Å². The van der Waals surface area contributed by atoms with E-state index in [4.69, 9.17) is 31.5 Å². The second-order valence-corrected chi connectivity index (χ2v) is 8.18. The predicted molar refractivity (Wildman–Crippen MR) is 127 cm³/mol. The Morgan fingerprint density at radius 3 is 2.53 bits per heavy atom. The highest BCUT2D eigenvalue weighted by atomic mass is 35.5. The molecule has 2 N–H and O–H groups in total. The van der Waals surface area contributed by atoms with Crippen LogP contribution in [-0.4, -0.2) is 17.6 Å². The first-order chi connectivity index (χ1) is 15.5. The Labute approximate surface area is 194 Å². The molecule has 6 nitrogen and oxygen atoms in total. The standard InChI is InChI=1S/C24H21ClN2O4S/c1-2-29-24(28)20-11-27-23(25)21-16(14-32-22(20)21)13-31-19-5-3-4-18(10-19)30-12-15-6-8-17(26)9-7-15/h3-11,14H,2,12-13,26H2,1H3. The number of nitrogen functional groups attached to an aromatic ring is 1. The number of carbonyl (C=O) groups is 1. The molecule has 0 saturated carbocycles. The zero-order valence-corrected chi connectivity index (χ0v) is 18.9. The number of nitrogens with zero attached hydrogens (tertiary/aromatic N) is 1. The van der Waals surface area contributed by atoms with E-state index >= 15 is 0 Å². The van der Waals surface area contributed by atoms with Crippen molar-refractivity contribution in [3.63, 3.8) is 0 Å². The molecule has 0 unspecified atom stereocenters. The number of rotatable bonds is 8. The third-order valence-corrected chi connectivity index (χ3v) is 6.05. The van der Waals surface area contributed by atoms with Crippen LogP contribution in [0.2, 0.25) is 5.15 Å². The Hall–Kier alpha value is -3.29. The summed E-state index contributed by atoms with van der Waals surface area (Å²) in [5, 5.41) is 2.95. The first-order valence-corrected chi connectivity index (χ1v) is 11.2. The van der Waals surface area contributed by atoms with Gasteiger partial charge in [0.05, 0.1) is 16.9 Å². The maximum atomic E-state index is 12.2. The SMILES string of the molecule is CCOC(=O)c1cnc(Cl)c2c(COc3cccc(OCc4ccc(N)cc4)c3)csc12. The summed E-state index contributed by atoms with van der Waals surface area (Å²) in [5.41, 5.74) is 8.71. The molecule has 2 aromatic heterocycles. The monoisotopic (exact) mass is 468 g/mol. The van der Waals surface area contributed by atoms with Crippen LogP contribution in [0.1, 0.15) is 28.4 Å². The minimum absolute atomic E-state index is 0.273. The normalized spacial score (nSPS) is 10.8. The molecule has 0 spiro atoms. The Bertz CT molecular complexity index is 1240. The van der Waals surface area contributed by atoms with Crippen molar-refractivity contribution in [3.05, 3.63) is 82.0 Å². The number of carbonyl (C=O) groups excluding carboxylic acids is 1. The van der Waals surface area contributed by atoms with E-state index in [9.17, 15) is 4.79 Å². The molecule has 0 radical (unpaired) electrons. The minimum atomic E-state index is -0.415. The zero-order valence-electron chi connectivity index (χ0n) is 17.3. The van der Waals surface area contributed by atoms with Gasteiger partial charge in [-0.1, -0.05) is 29.8 Å². The average molecular weight is 469 g/mol. The Kier molecular flexibility index (Phi) is 6.78. The lowest BCUT2D eigenvalue weighted by Crippen LogP contribution is -2.05. The van der Waals surface area contributed by atoms with E-state index in [2.05, 4.69) is 4.98 Å². The van der Waals surface area contributed by atoms with Crippen molar-refractivity contribution >= 4 is 44.7 Å². The van der Waals surface area contributed by atoms with Crippen LogP contribution in [-0.2, 0) is 18.0 Å². The molecular weight excluding hydrogens is 448 g/mol. The number of anilines is 1. The number of esters is 1. The van der Waals surface area contributed by atoms with Gasteiger partial charge in [0.1, 0.15) is 29.9 Å². The topological polar surface area (TPSA) is 83.7 Å². The molecule has 2 aromatic carbocycles. The van der Waals surface area contributed by atoms with Gasteiger partial charge >= 0.3 is 5.97 Å². The van der Waals surface area contributed by atoms with E-state index < -0.39 is 5.97 Å². The molecule has 4 rings (SSSR count). The maximum Gasteiger partial charge on any atom is 0.341 e. The van der Waals surface area contributed by atoms with Crippen molar-refractivity contribution in [2.24, 2.45) is 0 Å². The molecule has 0 atom stereocenters. The maximum absolute atomic E-state index is 12.2. The summed E-state index contributed by atoms with van der Waals surface area (Å²) in [6, 6.07) is 15.0. The van der Waals surface area contributed by atoms with E-state index in [1.807, 2.05) is 53.9 Å². The van der Waals surface area contributed by atoms with Crippen LogP contribution in [0.15, 0.2) is 60.1 Å². The quantitative estimate of drug-likeness (QED) is 0.198. The van der Waals surface area contributed by atoms with Gasteiger partial charge in [-0.15, -0.1) is 11.3 Å². The lowest BCUT2D eigenvalue weighted by atomic mass is 10.2. The van der Waals surface area contributed by atoms with Gasteiger partial charge in [0.2, 0.25) is 0 Å². The van der Waals surface area contributed by atoms with Crippen LogP contribution in [0.5, 0.6) is 11.5 Å². The first kappa shape index (κ1) is 21.9. The number of nitrogens with two attached hydrogens (primary N) is 1. The highest BCUT2D eigenvalue weighted by molar-refractivity contribution is 7.17. The molecule has 0 aliphatic heterocycles. The molecule has 0 bridgehead atoms. The van der Waals surface area contributed by atoms with E-state index in [-0.39, 0.29) is 6.61 Å². The smallest absolute Gasteiger partial charge is 0.341 e. The van der Waals surface area contributed by atoms with Crippen LogP contribution < -0.4 is 15.2 Å². The second-order valence-electron chi connectivity index (χ2n) is 6.94. The summed E-state index contributed by atoms with van der Waals surface area (Å²) in [7, 11) is 0. The molecule has 0 amide bonds. The van der Waals surface area contributed by atoms with Gasteiger partial charge in [-0.25, -0.2) is 9.78 Å². The van der Waals surface area contributed by atoms with Crippen LogP contribution >= 0.6 is 22.9 Å². The number of aromatic nitrogens is 1. The molecule has 0 aliphatic carbocycles. The molecule has 32 heavy (non-hydrogen) atoms. The summed E-state index contributed by atoms with van der Waals surface area (Å²) < 4.78 is 17.7. The van der Waals surface area contributed by atoms with E-state index in [1.165, 1.54) is 17.5 Å². The van der Waals surface area contributed by atoms with Gasteiger partial charge < -0.3 is 19.9 Å². The highest BCUT2D eigenvalue weighted by Gasteiger charge is 2.18. The largest absolute Gasteiger partial charge is 0.489 e. The lowest BCUT2D eigenvalue weighted by Gasteiger charge is -2.10. The van der Waals surface area contributed by atoms with Crippen molar-refractivity contribution in [2.45, 2.75) is 20.1 Å². The minimum Gasteiger partial charge on any atom is -0.489 e. The van der Waals surface area contributed by atoms with Crippen LogP contribution in [0, 0.1) is 0 Å². The van der Waals surface area contributed by atoms with Crippen molar-refractivity contribution in [2.75, 3.05) is 12.3 Å². The van der Waals surface area contributed by atoms with Crippen LogP contribution in [0.4, 0.5) is 5.69 Å². The van der Waals surface area contributed by atoms with E-state index in [0.29, 0.717) is 40.8 Å². The van der Waals surface area contributed by atoms with Gasteiger partial charge in [0.15, 0.2) is 0 Å². The highest BCUT2D eigenvalue weighted by Crippen LogP contribution is 2.34. The predicted octanol–water partition coefficient (Wildman–Crippen LogP) is 5.87. The third-order valence-electron chi connectivity index (χ3n) is 4.71. The van der Waals surface area contributed by atoms with Gasteiger partial charge in [-0.2, -0.15) is 0 Å². The fraction of sp³-hybridized carbons (Fsp3) is 0.167. The number of hydrogen-bond acceptors (Lipinski definition) is 7. The van der Waals surface area contributed by atoms with Crippen LogP contribution in [0.25, 0.3) is 10.1 Å². The van der Waals surface area contributed by atoms with Crippen molar-refractivity contribution in [3.8, 4) is 11.5 Å². The summed E-state index contributed by atoms with van der Waals surface area (Å²) in [5.74, 6) is 0.936. The summed E-state index contributed by atoms with van der Waals surface area (Å²) in [4.78, 5) is 16.4. The Balaban J connectivity index is 1.46. The van der Waals surface area contributed by atoms with Crippen LogP contribution in [0.3, 0.4) is 0 Å². The first-order valence-electron chi connectivity index (χ1n) is 9.97. The number of benzene rings is 2. The Morgan fingerprint density at radius 2 is 1.81 bits per heavy atom. The molecule has 0 saturated heterocycles. The molecule has 0 aliphatic rings. The molecular formula is C24H21ClN2O4S. The number of ether oxygens (including phenoxy) is 3. The number of halogens is 1. The Morgan fingerprint density at radius 1 is 1.09 bits per heavy atom. The number of thiophene rings is 1. The van der Waals surface area contributed by atoms with Gasteiger partial charge in [-0.3, -0.25) is 0 Å². The van der Waals surface area contributed by atoms with Gasteiger partial charge in [-0.05, 0) is 42.1 Å².